The predicted octanol–water partition coefficient (Wildman–Crippen LogP) is 1.98. The molecular weight excluding hydrogens is 220 g/mol. The first-order valence-electron chi connectivity index (χ1n) is 5.90. The number of rotatable bonds is 5. The maximum atomic E-state index is 11.5. The summed E-state index contributed by atoms with van der Waals surface area (Å²) >= 11 is 0. The summed E-state index contributed by atoms with van der Waals surface area (Å²) in [5.41, 5.74) is -1.06. The number of hydrogen-bond acceptors (Lipinski definition) is 2. The van der Waals surface area contributed by atoms with Crippen LogP contribution in [0.25, 0.3) is 0 Å². The Labute approximate surface area is 103 Å². The molecule has 0 aliphatic heterocycles. The van der Waals surface area contributed by atoms with Gasteiger partial charge in [0.1, 0.15) is 5.54 Å². The van der Waals surface area contributed by atoms with Crippen LogP contribution < -0.4 is 10.6 Å². The van der Waals surface area contributed by atoms with E-state index >= 15 is 0 Å². The van der Waals surface area contributed by atoms with E-state index < -0.39 is 17.5 Å². The average Bonchev–Trinajstić information content (AvgIpc) is 2.15. The van der Waals surface area contributed by atoms with Crippen molar-refractivity contribution in [2.75, 3.05) is 6.54 Å². The Bertz CT molecular complexity index is 284. The fraction of sp³-hybridized carbons (Fsp3) is 0.833. The Morgan fingerprint density at radius 2 is 1.71 bits per heavy atom. The minimum atomic E-state index is -1.20. The number of aliphatic carboxylic acids is 1. The molecule has 0 aromatic carbocycles. The molecule has 3 N–H and O–H groups in total. The molecule has 0 saturated heterocycles. The second kappa shape index (κ2) is 5.89. The van der Waals surface area contributed by atoms with E-state index in [9.17, 15) is 9.59 Å². The lowest BCUT2D eigenvalue weighted by Crippen LogP contribution is -2.55. The second-order valence-electron chi connectivity index (χ2n) is 5.68. The van der Waals surface area contributed by atoms with Gasteiger partial charge in [0.05, 0.1) is 0 Å². The molecule has 5 nitrogen and oxygen atoms in total. The number of carbonyl (C=O) groups excluding carboxylic acids is 1. The van der Waals surface area contributed by atoms with Crippen LogP contribution in [-0.4, -0.2) is 29.2 Å². The average molecular weight is 244 g/mol. The van der Waals surface area contributed by atoms with Crippen molar-refractivity contribution in [2.45, 2.75) is 53.0 Å². The quantitative estimate of drug-likeness (QED) is 0.692. The van der Waals surface area contributed by atoms with Crippen molar-refractivity contribution in [1.82, 2.24) is 10.6 Å². The van der Waals surface area contributed by atoms with E-state index in [1.807, 2.05) is 0 Å². The summed E-state index contributed by atoms with van der Waals surface area (Å²) in [6.07, 6.45) is 1.19. The van der Waals surface area contributed by atoms with Crippen molar-refractivity contribution in [3.05, 3.63) is 0 Å². The molecule has 1 atom stereocenters. The molecule has 0 heterocycles. The SMILES string of the molecule is CCC(C)(NC(=O)NCCC(C)(C)C)C(=O)O. The molecular formula is C12H24N2O3. The molecule has 0 rings (SSSR count). The van der Waals surface area contributed by atoms with Crippen LogP contribution in [0.1, 0.15) is 47.5 Å². The van der Waals surface area contributed by atoms with Crippen molar-refractivity contribution >= 4 is 12.0 Å². The summed E-state index contributed by atoms with van der Waals surface area (Å²) in [6, 6.07) is -0.430. The fourth-order valence-corrected chi connectivity index (χ4v) is 1.14. The van der Waals surface area contributed by atoms with E-state index in [1.54, 1.807) is 6.92 Å². The zero-order chi connectivity index (χ0) is 13.7. The summed E-state index contributed by atoms with van der Waals surface area (Å²) in [5.74, 6) is -1.02. The largest absolute Gasteiger partial charge is 0.480 e. The van der Waals surface area contributed by atoms with E-state index in [1.165, 1.54) is 6.92 Å². The van der Waals surface area contributed by atoms with Crippen LogP contribution in [0.15, 0.2) is 0 Å². The highest BCUT2D eigenvalue weighted by atomic mass is 16.4. The Morgan fingerprint density at radius 3 is 2.06 bits per heavy atom. The van der Waals surface area contributed by atoms with Gasteiger partial charge in [0.25, 0.3) is 0 Å². The molecule has 17 heavy (non-hydrogen) atoms. The van der Waals surface area contributed by atoms with Crippen molar-refractivity contribution in [3.63, 3.8) is 0 Å². The molecule has 1 unspecified atom stereocenters. The van der Waals surface area contributed by atoms with E-state index in [0.29, 0.717) is 13.0 Å². The number of nitrogens with one attached hydrogen (secondary N) is 2. The molecule has 0 bridgehead atoms. The van der Waals surface area contributed by atoms with Crippen LogP contribution in [0.5, 0.6) is 0 Å². The highest BCUT2D eigenvalue weighted by molar-refractivity contribution is 5.85. The number of carboxylic acids is 1. The van der Waals surface area contributed by atoms with Gasteiger partial charge >= 0.3 is 12.0 Å². The Hall–Kier alpha value is -1.26. The van der Waals surface area contributed by atoms with Crippen LogP contribution in [0.3, 0.4) is 0 Å². The van der Waals surface area contributed by atoms with Gasteiger partial charge in [0.15, 0.2) is 0 Å². The third-order valence-electron chi connectivity index (χ3n) is 2.73. The molecule has 5 heteroatoms. The number of urea groups is 1. The van der Waals surface area contributed by atoms with Gasteiger partial charge in [0.2, 0.25) is 0 Å². The normalized spacial score (nSPS) is 14.9. The minimum absolute atomic E-state index is 0.147. The smallest absolute Gasteiger partial charge is 0.329 e. The molecule has 0 spiro atoms. The van der Waals surface area contributed by atoms with E-state index in [-0.39, 0.29) is 5.41 Å². The predicted molar refractivity (Wildman–Crippen MR) is 66.9 cm³/mol. The van der Waals surface area contributed by atoms with Crippen molar-refractivity contribution < 1.29 is 14.7 Å². The first-order chi connectivity index (χ1) is 7.60. The van der Waals surface area contributed by atoms with Crippen LogP contribution in [0, 0.1) is 5.41 Å². The number of carbonyl (C=O) groups is 2. The van der Waals surface area contributed by atoms with Crippen molar-refractivity contribution in [1.29, 1.82) is 0 Å². The summed E-state index contributed by atoms with van der Waals surface area (Å²) in [7, 11) is 0. The molecule has 0 aromatic heterocycles. The lowest BCUT2D eigenvalue weighted by Gasteiger charge is -2.25. The molecule has 0 aliphatic rings. The molecule has 0 aliphatic carbocycles. The van der Waals surface area contributed by atoms with Gasteiger partial charge in [0, 0.05) is 6.54 Å². The van der Waals surface area contributed by atoms with Gasteiger partial charge in [-0.15, -0.1) is 0 Å². The maximum absolute atomic E-state index is 11.5. The molecule has 0 saturated carbocycles. The summed E-state index contributed by atoms with van der Waals surface area (Å²) < 4.78 is 0. The Balaban J connectivity index is 4.14. The molecule has 0 aromatic rings. The minimum Gasteiger partial charge on any atom is -0.480 e. The number of hydrogen-bond donors (Lipinski definition) is 3. The highest BCUT2D eigenvalue weighted by Crippen LogP contribution is 2.17. The standard InChI is InChI=1S/C12H24N2O3/c1-6-12(5,9(15)16)14-10(17)13-8-7-11(2,3)4/h6-8H2,1-5H3,(H,15,16)(H2,13,14,17). The first kappa shape index (κ1) is 15.7. The maximum Gasteiger partial charge on any atom is 0.329 e. The van der Waals surface area contributed by atoms with Crippen LogP contribution >= 0.6 is 0 Å². The topological polar surface area (TPSA) is 78.4 Å². The zero-order valence-electron chi connectivity index (χ0n) is 11.4. The lowest BCUT2D eigenvalue weighted by molar-refractivity contribution is -0.143. The van der Waals surface area contributed by atoms with E-state index in [4.69, 9.17) is 5.11 Å². The zero-order valence-corrected chi connectivity index (χ0v) is 11.4. The third-order valence-corrected chi connectivity index (χ3v) is 2.73. The van der Waals surface area contributed by atoms with Crippen LogP contribution in [0.2, 0.25) is 0 Å². The van der Waals surface area contributed by atoms with Gasteiger partial charge in [-0.2, -0.15) is 0 Å². The highest BCUT2D eigenvalue weighted by Gasteiger charge is 2.32. The molecule has 0 fully saturated rings. The van der Waals surface area contributed by atoms with E-state index in [0.717, 1.165) is 6.42 Å². The first-order valence-corrected chi connectivity index (χ1v) is 5.90. The summed E-state index contributed by atoms with van der Waals surface area (Å²) in [6.45, 7) is 10.0. The van der Waals surface area contributed by atoms with Gasteiger partial charge in [-0.05, 0) is 25.2 Å². The monoisotopic (exact) mass is 244 g/mol. The van der Waals surface area contributed by atoms with Crippen molar-refractivity contribution in [3.8, 4) is 0 Å². The van der Waals surface area contributed by atoms with Crippen molar-refractivity contribution in [2.24, 2.45) is 5.41 Å². The Morgan fingerprint density at radius 1 is 1.18 bits per heavy atom. The lowest BCUT2D eigenvalue weighted by atomic mass is 9.92. The number of carboxylic acid groups (broad SMARTS) is 1. The van der Waals surface area contributed by atoms with Gasteiger partial charge in [-0.1, -0.05) is 27.7 Å². The summed E-state index contributed by atoms with van der Waals surface area (Å²) in [5, 5.41) is 14.1. The summed E-state index contributed by atoms with van der Waals surface area (Å²) in [4.78, 5) is 22.5. The van der Waals surface area contributed by atoms with Crippen LogP contribution in [-0.2, 0) is 4.79 Å². The second-order valence-corrected chi connectivity index (χ2v) is 5.68. The molecule has 2 amide bonds. The van der Waals surface area contributed by atoms with Gasteiger partial charge in [-0.25, -0.2) is 9.59 Å². The van der Waals surface area contributed by atoms with Gasteiger partial charge < -0.3 is 15.7 Å². The third kappa shape index (κ3) is 6.14. The van der Waals surface area contributed by atoms with Gasteiger partial charge in [-0.3, -0.25) is 0 Å². The Kier molecular flexibility index (Phi) is 5.45. The number of amides is 2. The fourth-order valence-electron chi connectivity index (χ4n) is 1.14. The van der Waals surface area contributed by atoms with Crippen LogP contribution in [0.4, 0.5) is 4.79 Å². The van der Waals surface area contributed by atoms with E-state index in [2.05, 4.69) is 31.4 Å². The molecule has 0 radical (unpaired) electrons. The molecule has 100 valence electrons.